The Morgan fingerprint density at radius 1 is 1.05 bits per heavy atom. The molecule has 2 aliphatic rings. The molecule has 40 heavy (non-hydrogen) atoms. The number of amides is 3. The zero-order chi connectivity index (χ0) is 29.0. The minimum absolute atomic E-state index is 0.00192. The summed E-state index contributed by atoms with van der Waals surface area (Å²) in [6, 6.07) is 11.6. The summed E-state index contributed by atoms with van der Waals surface area (Å²) in [5.74, 6) is 0.559. The van der Waals surface area contributed by atoms with Gasteiger partial charge in [-0.2, -0.15) is 0 Å². The highest BCUT2D eigenvalue weighted by Crippen LogP contribution is 2.38. The van der Waals surface area contributed by atoms with Crippen LogP contribution >= 0.6 is 0 Å². The molecule has 0 spiro atoms. The second kappa shape index (κ2) is 12.4. The molecule has 2 aliphatic heterocycles. The van der Waals surface area contributed by atoms with Gasteiger partial charge in [0, 0.05) is 56.1 Å². The molecule has 2 aromatic carbocycles. The summed E-state index contributed by atoms with van der Waals surface area (Å²) in [6.45, 7) is 7.97. The minimum atomic E-state index is -0.801. The van der Waals surface area contributed by atoms with E-state index in [-0.39, 0.29) is 24.6 Å². The molecule has 1 N–H and O–H groups in total. The Morgan fingerprint density at radius 3 is 2.40 bits per heavy atom. The van der Waals surface area contributed by atoms with E-state index in [1.807, 2.05) is 43.0 Å². The highest BCUT2D eigenvalue weighted by molar-refractivity contribution is 5.96. The minimum Gasteiger partial charge on any atom is -0.497 e. The van der Waals surface area contributed by atoms with Crippen LogP contribution in [0.3, 0.4) is 0 Å². The molecule has 1 saturated heterocycles. The van der Waals surface area contributed by atoms with Crippen LogP contribution in [-0.2, 0) is 9.53 Å². The van der Waals surface area contributed by atoms with Gasteiger partial charge in [-0.1, -0.05) is 17.7 Å². The summed E-state index contributed by atoms with van der Waals surface area (Å²) in [7, 11) is 4.73. The fourth-order valence-corrected chi connectivity index (χ4v) is 5.25. The standard InChI is InChI=1S/C30H38N4O6/c1-7-40-29(36)26-24(32(4)30(37)31-27(26)23-16-22(38-5)12-13-25(23)39-6)18-33-14-15-34(20(3)17-33)28(35)21-10-8-19(2)9-11-21/h8-13,16,20,27H,7,14-15,17-18H2,1-6H3,(H,31,37). The lowest BCUT2D eigenvalue weighted by Gasteiger charge is -2.42. The molecular formula is C30H38N4O6. The van der Waals surface area contributed by atoms with Crippen molar-refractivity contribution in [2.24, 2.45) is 0 Å². The number of rotatable bonds is 8. The fraction of sp³-hybridized carbons (Fsp3) is 0.433. The molecule has 2 unspecified atom stereocenters. The fourth-order valence-electron chi connectivity index (χ4n) is 5.25. The zero-order valence-corrected chi connectivity index (χ0v) is 24.0. The van der Waals surface area contributed by atoms with Gasteiger partial charge in [-0.25, -0.2) is 9.59 Å². The van der Waals surface area contributed by atoms with Crippen molar-refractivity contribution in [3.63, 3.8) is 0 Å². The Hall–Kier alpha value is -4.05. The van der Waals surface area contributed by atoms with Crippen molar-refractivity contribution in [1.29, 1.82) is 0 Å². The van der Waals surface area contributed by atoms with E-state index >= 15 is 0 Å². The summed E-state index contributed by atoms with van der Waals surface area (Å²) >= 11 is 0. The molecule has 0 bridgehead atoms. The van der Waals surface area contributed by atoms with Crippen LogP contribution in [0.2, 0.25) is 0 Å². The first-order valence-corrected chi connectivity index (χ1v) is 13.4. The van der Waals surface area contributed by atoms with Gasteiger partial charge in [0.15, 0.2) is 0 Å². The first kappa shape index (κ1) is 28.9. The predicted molar refractivity (Wildman–Crippen MR) is 150 cm³/mol. The smallest absolute Gasteiger partial charge is 0.338 e. The predicted octanol–water partition coefficient (Wildman–Crippen LogP) is 3.37. The Balaban J connectivity index is 1.65. The Labute approximate surface area is 235 Å². The normalized spacial score (nSPS) is 19.8. The molecule has 0 aromatic heterocycles. The molecule has 214 valence electrons. The van der Waals surface area contributed by atoms with E-state index in [0.717, 1.165) is 5.56 Å². The van der Waals surface area contributed by atoms with Crippen molar-refractivity contribution < 1.29 is 28.6 Å². The van der Waals surface area contributed by atoms with Crippen molar-refractivity contribution >= 4 is 17.9 Å². The second-order valence-electron chi connectivity index (χ2n) is 10.1. The average molecular weight is 551 g/mol. The lowest BCUT2D eigenvalue weighted by molar-refractivity contribution is -0.139. The van der Waals surface area contributed by atoms with Crippen molar-refractivity contribution in [2.45, 2.75) is 32.9 Å². The van der Waals surface area contributed by atoms with Gasteiger partial charge in [0.25, 0.3) is 5.91 Å². The number of aryl methyl sites for hydroxylation is 1. The molecule has 3 amide bonds. The van der Waals surface area contributed by atoms with Crippen molar-refractivity contribution in [1.82, 2.24) is 20.0 Å². The first-order chi connectivity index (χ1) is 19.2. The number of esters is 1. The number of nitrogens with zero attached hydrogens (tertiary/aromatic N) is 3. The molecule has 10 heteroatoms. The topological polar surface area (TPSA) is 101 Å². The maximum absolute atomic E-state index is 13.4. The van der Waals surface area contributed by atoms with Crippen molar-refractivity contribution in [3.05, 3.63) is 70.4 Å². The van der Waals surface area contributed by atoms with Crippen LogP contribution in [-0.4, -0.2) is 92.7 Å². The third kappa shape index (κ3) is 5.91. The van der Waals surface area contributed by atoms with Crippen LogP contribution < -0.4 is 14.8 Å². The number of piperazine rings is 1. The maximum atomic E-state index is 13.4. The van der Waals surface area contributed by atoms with E-state index in [2.05, 4.69) is 10.2 Å². The molecule has 2 atom stereocenters. The number of nitrogens with one attached hydrogen (secondary N) is 1. The maximum Gasteiger partial charge on any atom is 0.338 e. The van der Waals surface area contributed by atoms with Crippen LogP contribution in [0.1, 0.15) is 41.4 Å². The zero-order valence-electron chi connectivity index (χ0n) is 24.0. The van der Waals surface area contributed by atoms with Crippen molar-refractivity contribution in [3.8, 4) is 11.5 Å². The van der Waals surface area contributed by atoms with E-state index in [4.69, 9.17) is 14.2 Å². The van der Waals surface area contributed by atoms with Gasteiger partial charge in [0.2, 0.25) is 0 Å². The van der Waals surface area contributed by atoms with E-state index in [1.165, 1.54) is 12.0 Å². The van der Waals surface area contributed by atoms with Crippen molar-refractivity contribution in [2.75, 3.05) is 54.1 Å². The van der Waals surface area contributed by atoms with Gasteiger partial charge in [-0.3, -0.25) is 14.6 Å². The third-order valence-corrected chi connectivity index (χ3v) is 7.46. The third-order valence-electron chi connectivity index (χ3n) is 7.46. The molecule has 4 rings (SSSR count). The monoisotopic (exact) mass is 550 g/mol. The lowest BCUT2D eigenvalue weighted by atomic mass is 9.93. The Bertz CT molecular complexity index is 1290. The number of likely N-dealkylation sites (N-methyl/N-ethyl adjacent to an activating group) is 1. The molecule has 0 radical (unpaired) electrons. The molecule has 0 saturated carbocycles. The van der Waals surface area contributed by atoms with Crippen LogP contribution in [0.4, 0.5) is 4.79 Å². The largest absolute Gasteiger partial charge is 0.497 e. The summed E-state index contributed by atoms with van der Waals surface area (Å²) in [5.41, 5.74) is 3.23. The SMILES string of the molecule is CCOC(=O)C1=C(CN2CCN(C(=O)c3ccc(C)cc3)C(C)C2)N(C)C(=O)NC1c1cc(OC)ccc1OC. The molecular weight excluding hydrogens is 512 g/mol. The molecule has 2 aromatic rings. The average Bonchev–Trinajstić information content (AvgIpc) is 2.95. The van der Waals surface area contributed by atoms with E-state index in [0.29, 0.717) is 60.1 Å². The van der Waals surface area contributed by atoms with Gasteiger partial charge < -0.3 is 24.4 Å². The van der Waals surface area contributed by atoms with Crippen LogP contribution in [0.25, 0.3) is 0 Å². The molecule has 0 aliphatic carbocycles. The summed E-state index contributed by atoms with van der Waals surface area (Å²) in [5, 5.41) is 2.94. The summed E-state index contributed by atoms with van der Waals surface area (Å²) in [6.07, 6.45) is 0. The number of carbonyl (C=O) groups excluding carboxylic acids is 3. The lowest BCUT2D eigenvalue weighted by Crippen LogP contribution is -2.56. The molecule has 10 nitrogen and oxygen atoms in total. The van der Waals surface area contributed by atoms with E-state index < -0.39 is 12.0 Å². The summed E-state index contributed by atoms with van der Waals surface area (Å²) < 4.78 is 16.5. The van der Waals surface area contributed by atoms with Crippen LogP contribution in [0.15, 0.2) is 53.7 Å². The number of benzene rings is 2. The van der Waals surface area contributed by atoms with Crippen LogP contribution in [0.5, 0.6) is 11.5 Å². The van der Waals surface area contributed by atoms with E-state index in [9.17, 15) is 14.4 Å². The van der Waals surface area contributed by atoms with E-state index in [1.54, 1.807) is 39.3 Å². The Morgan fingerprint density at radius 2 is 1.77 bits per heavy atom. The highest BCUT2D eigenvalue weighted by Gasteiger charge is 2.39. The molecule has 2 heterocycles. The molecule has 1 fully saturated rings. The van der Waals surface area contributed by atoms with Gasteiger partial charge in [0.1, 0.15) is 11.5 Å². The first-order valence-electron chi connectivity index (χ1n) is 13.4. The quantitative estimate of drug-likeness (QED) is 0.503. The van der Waals surface area contributed by atoms with Crippen LogP contribution in [0, 0.1) is 6.92 Å². The Kier molecular flexibility index (Phi) is 8.99. The van der Waals surface area contributed by atoms with Gasteiger partial charge in [-0.15, -0.1) is 0 Å². The highest BCUT2D eigenvalue weighted by atomic mass is 16.5. The summed E-state index contributed by atoms with van der Waals surface area (Å²) in [4.78, 5) is 45.3. The number of carbonyl (C=O) groups is 3. The van der Waals surface area contributed by atoms with Gasteiger partial charge in [0.05, 0.1) is 32.4 Å². The number of methoxy groups -OCH3 is 2. The number of hydrogen-bond acceptors (Lipinski definition) is 7. The number of hydrogen-bond donors (Lipinski definition) is 1. The number of urea groups is 1. The van der Waals surface area contributed by atoms with Gasteiger partial charge in [-0.05, 0) is 51.1 Å². The van der Waals surface area contributed by atoms with Gasteiger partial charge >= 0.3 is 12.0 Å². The second-order valence-corrected chi connectivity index (χ2v) is 10.1. The number of ether oxygens (including phenoxy) is 3.